The molecule has 1 aromatic heterocycles. The number of carbonyl (C=O) groups excluding carboxylic acids is 2. The monoisotopic (exact) mass is 454 g/mol. The highest BCUT2D eigenvalue weighted by atomic mass is 32.2. The molecule has 1 N–H and O–H groups in total. The van der Waals surface area contributed by atoms with Gasteiger partial charge in [0.15, 0.2) is 11.0 Å². The SMILES string of the molecule is CCOC(=O)CSc1nnc(CNC(=O)c2ccc(OC)cc2)n1-c1cc(C)ccc1C. The number of carbonyl (C=O) groups is 2. The van der Waals surface area contributed by atoms with Crippen molar-refractivity contribution in [2.45, 2.75) is 32.5 Å². The van der Waals surface area contributed by atoms with Gasteiger partial charge in [-0.25, -0.2) is 0 Å². The first-order chi connectivity index (χ1) is 15.4. The van der Waals surface area contributed by atoms with Crippen LogP contribution in [0.1, 0.15) is 34.2 Å². The fourth-order valence-corrected chi connectivity index (χ4v) is 3.80. The van der Waals surface area contributed by atoms with E-state index in [1.165, 1.54) is 11.8 Å². The zero-order valence-corrected chi connectivity index (χ0v) is 19.4. The van der Waals surface area contributed by atoms with Crippen molar-refractivity contribution in [3.05, 3.63) is 65.0 Å². The molecule has 32 heavy (non-hydrogen) atoms. The maximum atomic E-state index is 12.6. The number of rotatable bonds is 9. The van der Waals surface area contributed by atoms with E-state index in [1.807, 2.05) is 36.6 Å². The average Bonchev–Trinajstić information content (AvgIpc) is 3.20. The number of esters is 1. The van der Waals surface area contributed by atoms with Gasteiger partial charge < -0.3 is 14.8 Å². The second-order valence-corrected chi connectivity index (χ2v) is 7.97. The topological polar surface area (TPSA) is 95.3 Å². The minimum absolute atomic E-state index is 0.120. The van der Waals surface area contributed by atoms with Crippen molar-refractivity contribution in [2.24, 2.45) is 0 Å². The molecule has 0 atom stereocenters. The highest BCUT2D eigenvalue weighted by Crippen LogP contribution is 2.25. The summed E-state index contributed by atoms with van der Waals surface area (Å²) in [5.41, 5.74) is 3.51. The Morgan fingerprint density at radius 1 is 1.09 bits per heavy atom. The first-order valence-corrected chi connectivity index (χ1v) is 11.1. The van der Waals surface area contributed by atoms with Crippen molar-refractivity contribution in [3.8, 4) is 11.4 Å². The molecule has 3 rings (SSSR count). The molecule has 0 saturated heterocycles. The highest BCUT2D eigenvalue weighted by Gasteiger charge is 2.18. The summed E-state index contributed by atoms with van der Waals surface area (Å²) >= 11 is 1.25. The maximum absolute atomic E-state index is 12.6. The quantitative estimate of drug-likeness (QED) is 0.391. The first-order valence-electron chi connectivity index (χ1n) is 10.2. The van der Waals surface area contributed by atoms with Crippen LogP contribution in [0.5, 0.6) is 5.75 Å². The Morgan fingerprint density at radius 2 is 1.84 bits per heavy atom. The van der Waals surface area contributed by atoms with Crippen LogP contribution in [0.2, 0.25) is 0 Å². The molecule has 0 aliphatic carbocycles. The molecule has 0 aliphatic heterocycles. The second-order valence-electron chi connectivity index (χ2n) is 7.03. The molecular weight excluding hydrogens is 428 g/mol. The van der Waals surface area contributed by atoms with Gasteiger partial charge in [-0.1, -0.05) is 23.9 Å². The standard InChI is InChI=1S/C23H26N4O4S/c1-5-31-21(28)14-32-23-26-25-20(27(23)19-12-15(2)6-7-16(19)3)13-24-22(29)17-8-10-18(30-4)11-9-17/h6-12H,5,13-14H2,1-4H3,(H,24,29). The van der Waals surface area contributed by atoms with E-state index >= 15 is 0 Å². The van der Waals surface area contributed by atoms with Crippen molar-refractivity contribution in [1.29, 1.82) is 0 Å². The number of nitrogens with one attached hydrogen (secondary N) is 1. The number of hydrogen-bond donors (Lipinski definition) is 1. The molecule has 1 amide bonds. The Kier molecular flexibility index (Phi) is 7.88. The number of amides is 1. The molecule has 1 heterocycles. The van der Waals surface area contributed by atoms with Crippen LogP contribution in [-0.2, 0) is 16.1 Å². The van der Waals surface area contributed by atoms with E-state index in [-0.39, 0.29) is 24.2 Å². The summed E-state index contributed by atoms with van der Waals surface area (Å²) < 4.78 is 12.0. The van der Waals surface area contributed by atoms with Gasteiger partial charge in [0.2, 0.25) is 0 Å². The number of aromatic nitrogens is 3. The third-order valence-electron chi connectivity index (χ3n) is 4.69. The van der Waals surface area contributed by atoms with Gasteiger partial charge in [0.1, 0.15) is 5.75 Å². The van der Waals surface area contributed by atoms with E-state index in [9.17, 15) is 9.59 Å². The normalized spacial score (nSPS) is 10.6. The fraction of sp³-hybridized carbons (Fsp3) is 0.304. The summed E-state index contributed by atoms with van der Waals surface area (Å²) in [5.74, 6) is 0.812. The zero-order chi connectivity index (χ0) is 23.1. The largest absolute Gasteiger partial charge is 0.497 e. The molecule has 0 aliphatic rings. The summed E-state index contributed by atoms with van der Waals surface area (Å²) in [6.07, 6.45) is 0. The lowest BCUT2D eigenvalue weighted by Gasteiger charge is -2.14. The summed E-state index contributed by atoms with van der Waals surface area (Å²) in [5, 5.41) is 12.0. The average molecular weight is 455 g/mol. The Balaban J connectivity index is 1.85. The molecule has 0 saturated carbocycles. The van der Waals surface area contributed by atoms with E-state index in [1.54, 1.807) is 38.3 Å². The molecule has 168 valence electrons. The minimum Gasteiger partial charge on any atom is -0.497 e. The lowest BCUT2D eigenvalue weighted by Crippen LogP contribution is -2.24. The van der Waals surface area contributed by atoms with Gasteiger partial charge >= 0.3 is 5.97 Å². The van der Waals surface area contributed by atoms with E-state index in [0.717, 1.165) is 16.8 Å². The van der Waals surface area contributed by atoms with E-state index in [2.05, 4.69) is 15.5 Å². The van der Waals surface area contributed by atoms with Crippen LogP contribution in [0.4, 0.5) is 0 Å². The minimum atomic E-state index is -0.317. The van der Waals surface area contributed by atoms with Crippen LogP contribution < -0.4 is 10.1 Å². The third-order valence-corrected chi connectivity index (χ3v) is 5.59. The molecule has 0 fully saturated rings. The van der Waals surface area contributed by atoms with Crippen molar-refractivity contribution in [1.82, 2.24) is 20.1 Å². The molecule has 0 spiro atoms. The van der Waals surface area contributed by atoms with Crippen LogP contribution >= 0.6 is 11.8 Å². The molecule has 0 radical (unpaired) electrons. The number of thioether (sulfide) groups is 1. The zero-order valence-electron chi connectivity index (χ0n) is 18.5. The van der Waals surface area contributed by atoms with Crippen LogP contribution in [0, 0.1) is 13.8 Å². The molecule has 9 heteroatoms. The van der Waals surface area contributed by atoms with E-state index < -0.39 is 0 Å². The number of aryl methyl sites for hydroxylation is 2. The Bertz CT molecular complexity index is 1100. The summed E-state index contributed by atoms with van der Waals surface area (Å²) in [7, 11) is 1.58. The van der Waals surface area contributed by atoms with Crippen LogP contribution in [-0.4, -0.2) is 46.1 Å². The number of methoxy groups -OCH3 is 1. The third kappa shape index (κ3) is 5.67. The molecule has 0 bridgehead atoms. The van der Waals surface area contributed by atoms with Crippen LogP contribution in [0.3, 0.4) is 0 Å². The second kappa shape index (κ2) is 10.8. The number of hydrogen-bond acceptors (Lipinski definition) is 7. The van der Waals surface area contributed by atoms with Gasteiger partial charge in [0.05, 0.1) is 31.7 Å². The molecular formula is C23H26N4O4S. The van der Waals surface area contributed by atoms with Crippen molar-refractivity contribution >= 4 is 23.6 Å². The van der Waals surface area contributed by atoms with Crippen LogP contribution in [0.15, 0.2) is 47.6 Å². The fourth-order valence-electron chi connectivity index (χ4n) is 3.04. The van der Waals surface area contributed by atoms with Gasteiger partial charge in [-0.15, -0.1) is 10.2 Å². The predicted octanol–water partition coefficient (Wildman–Crippen LogP) is 3.48. The highest BCUT2D eigenvalue weighted by molar-refractivity contribution is 7.99. The Hall–Kier alpha value is -3.33. The predicted molar refractivity (Wildman–Crippen MR) is 122 cm³/mol. The van der Waals surface area contributed by atoms with Gasteiger partial charge in [-0.2, -0.15) is 0 Å². The Morgan fingerprint density at radius 3 is 2.53 bits per heavy atom. The number of benzene rings is 2. The first kappa shape index (κ1) is 23.3. The van der Waals surface area contributed by atoms with Crippen molar-refractivity contribution in [2.75, 3.05) is 19.5 Å². The molecule has 2 aromatic carbocycles. The lowest BCUT2D eigenvalue weighted by molar-refractivity contribution is -0.139. The number of nitrogens with zero attached hydrogens (tertiary/aromatic N) is 3. The van der Waals surface area contributed by atoms with Crippen molar-refractivity contribution < 1.29 is 19.1 Å². The van der Waals surface area contributed by atoms with Gasteiger partial charge in [-0.05, 0) is 62.2 Å². The smallest absolute Gasteiger partial charge is 0.316 e. The molecule has 3 aromatic rings. The lowest BCUT2D eigenvalue weighted by atomic mass is 10.1. The van der Waals surface area contributed by atoms with Crippen LogP contribution in [0.25, 0.3) is 5.69 Å². The maximum Gasteiger partial charge on any atom is 0.316 e. The van der Waals surface area contributed by atoms with Gasteiger partial charge in [-0.3, -0.25) is 14.2 Å². The van der Waals surface area contributed by atoms with Gasteiger partial charge in [0, 0.05) is 5.56 Å². The molecule has 0 unspecified atom stereocenters. The Labute approximate surface area is 191 Å². The van der Waals surface area contributed by atoms with Gasteiger partial charge in [0.25, 0.3) is 5.91 Å². The van der Waals surface area contributed by atoms with E-state index in [0.29, 0.717) is 28.9 Å². The number of ether oxygens (including phenoxy) is 2. The molecule has 8 nitrogen and oxygen atoms in total. The van der Waals surface area contributed by atoms with Crippen molar-refractivity contribution in [3.63, 3.8) is 0 Å². The summed E-state index contributed by atoms with van der Waals surface area (Å²) in [4.78, 5) is 24.4. The summed E-state index contributed by atoms with van der Waals surface area (Å²) in [6.45, 7) is 6.26. The van der Waals surface area contributed by atoms with E-state index in [4.69, 9.17) is 9.47 Å². The summed E-state index contributed by atoms with van der Waals surface area (Å²) in [6, 6.07) is 12.9.